The van der Waals surface area contributed by atoms with Crippen LogP contribution in [0.25, 0.3) is 0 Å². The van der Waals surface area contributed by atoms with Crippen LogP contribution in [0.2, 0.25) is 0 Å². The minimum absolute atomic E-state index is 0.0196. The zero-order valence-electron chi connectivity index (χ0n) is 15.8. The van der Waals surface area contributed by atoms with Gasteiger partial charge >= 0.3 is 11.9 Å². The molecule has 1 N–H and O–H groups in total. The Morgan fingerprint density at radius 1 is 1.04 bits per heavy atom. The molecule has 1 aromatic rings. The van der Waals surface area contributed by atoms with Crippen molar-refractivity contribution in [2.75, 3.05) is 52.3 Å². The van der Waals surface area contributed by atoms with Crippen LogP contribution < -0.4 is 5.32 Å². The molecule has 2 amide bonds. The average molecular weight is 397 g/mol. The van der Waals surface area contributed by atoms with Gasteiger partial charge in [0.15, 0.2) is 0 Å². The first-order chi connectivity index (χ1) is 12.8. The van der Waals surface area contributed by atoms with E-state index >= 15 is 0 Å². The van der Waals surface area contributed by atoms with E-state index in [1.54, 1.807) is 11.8 Å². The van der Waals surface area contributed by atoms with Gasteiger partial charge in [0.25, 0.3) is 0 Å². The highest BCUT2D eigenvalue weighted by Gasteiger charge is 2.27. The maximum atomic E-state index is 12.4. The van der Waals surface area contributed by atoms with Gasteiger partial charge in [0.05, 0.1) is 26.3 Å². The smallest absolute Gasteiger partial charge is 0.348 e. The van der Waals surface area contributed by atoms with E-state index < -0.39 is 11.9 Å². The first-order valence-electron chi connectivity index (χ1n) is 8.36. The maximum Gasteiger partial charge on any atom is 0.348 e. The summed E-state index contributed by atoms with van der Waals surface area (Å²) in [4.78, 5) is 51.6. The monoisotopic (exact) mass is 397 g/mol. The number of carbonyl (C=O) groups excluding carboxylic acids is 4. The Morgan fingerprint density at radius 2 is 1.63 bits per heavy atom. The van der Waals surface area contributed by atoms with Crippen LogP contribution in [0.3, 0.4) is 0 Å². The zero-order chi connectivity index (χ0) is 20.1. The van der Waals surface area contributed by atoms with E-state index in [0.717, 1.165) is 11.3 Å². The van der Waals surface area contributed by atoms with Gasteiger partial charge in [0, 0.05) is 33.1 Å². The van der Waals surface area contributed by atoms with E-state index in [1.807, 2.05) is 4.90 Å². The Morgan fingerprint density at radius 3 is 2.15 bits per heavy atom. The number of anilines is 1. The third-order valence-electron chi connectivity index (χ3n) is 4.34. The Hall–Kier alpha value is -2.46. The van der Waals surface area contributed by atoms with Crippen LogP contribution in [0.15, 0.2) is 0 Å². The first-order valence-corrected chi connectivity index (χ1v) is 9.17. The first kappa shape index (κ1) is 20.8. The number of nitrogens with one attached hydrogen (secondary N) is 1. The Kier molecular flexibility index (Phi) is 6.92. The molecule has 9 nitrogen and oxygen atoms in total. The summed E-state index contributed by atoms with van der Waals surface area (Å²) in [5.74, 6) is -1.51. The third-order valence-corrected chi connectivity index (χ3v) is 5.53. The van der Waals surface area contributed by atoms with E-state index in [0.29, 0.717) is 31.7 Å². The summed E-state index contributed by atoms with van der Waals surface area (Å²) >= 11 is 0.978. The van der Waals surface area contributed by atoms with Crippen LogP contribution in [-0.2, 0) is 19.1 Å². The molecule has 0 atom stereocenters. The predicted molar refractivity (Wildman–Crippen MR) is 99.1 cm³/mol. The molecule has 10 heteroatoms. The summed E-state index contributed by atoms with van der Waals surface area (Å²) in [6, 6.07) is 0. The van der Waals surface area contributed by atoms with Crippen molar-refractivity contribution in [2.45, 2.75) is 13.8 Å². The molecule has 0 radical (unpaired) electrons. The molecule has 1 aliphatic rings. The van der Waals surface area contributed by atoms with E-state index in [1.165, 1.54) is 21.1 Å². The molecular formula is C17H23N3O6S. The SMILES string of the molecule is COC(=O)c1sc(NC(=O)CN2CCN(C(C)=O)CC2)c(C(=O)OC)c1C. The van der Waals surface area contributed by atoms with Gasteiger partial charge in [0.2, 0.25) is 11.8 Å². The highest BCUT2D eigenvalue weighted by molar-refractivity contribution is 7.18. The molecule has 0 saturated carbocycles. The number of piperazine rings is 1. The van der Waals surface area contributed by atoms with Crippen molar-refractivity contribution in [3.8, 4) is 0 Å². The van der Waals surface area contributed by atoms with Gasteiger partial charge in [-0.05, 0) is 12.5 Å². The number of rotatable bonds is 5. The number of carbonyl (C=O) groups is 4. The van der Waals surface area contributed by atoms with Crippen LogP contribution in [0.5, 0.6) is 0 Å². The van der Waals surface area contributed by atoms with Gasteiger partial charge in [-0.2, -0.15) is 0 Å². The van der Waals surface area contributed by atoms with Crippen LogP contribution in [-0.4, -0.2) is 80.5 Å². The summed E-state index contributed by atoms with van der Waals surface area (Å²) < 4.78 is 9.49. The van der Waals surface area contributed by atoms with Crippen molar-refractivity contribution in [3.63, 3.8) is 0 Å². The van der Waals surface area contributed by atoms with Crippen LogP contribution in [0, 0.1) is 6.92 Å². The highest BCUT2D eigenvalue weighted by atomic mass is 32.1. The number of nitrogens with zero attached hydrogens (tertiary/aromatic N) is 2. The molecule has 0 aliphatic carbocycles. The second kappa shape index (κ2) is 8.96. The number of hydrogen-bond donors (Lipinski definition) is 1. The number of ether oxygens (including phenoxy) is 2. The van der Waals surface area contributed by atoms with Crippen LogP contribution in [0.1, 0.15) is 32.5 Å². The fourth-order valence-corrected chi connectivity index (χ4v) is 3.96. The molecule has 0 bridgehead atoms. The van der Waals surface area contributed by atoms with E-state index in [9.17, 15) is 19.2 Å². The fraction of sp³-hybridized carbons (Fsp3) is 0.529. The lowest BCUT2D eigenvalue weighted by Crippen LogP contribution is -2.49. The van der Waals surface area contributed by atoms with E-state index in [2.05, 4.69) is 5.32 Å². The van der Waals surface area contributed by atoms with Crippen molar-refractivity contribution in [3.05, 3.63) is 16.0 Å². The van der Waals surface area contributed by atoms with Crippen molar-refractivity contribution in [1.29, 1.82) is 0 Å². The summed E-state index contributed by atoms with van der Waals surface area (Å²) in [6.07, 6.45) is 0. The molecule has 148 valence electrons. The number of methoxy groups -OCH3 is 2. The number of amides is 2. The lowest BCUT2D eigenvalue weighted by atomic mass is 10.1. The summed E-state index contributed by atoms with van der Waals surface area (Å²) in [5.41, 5.74) is 0.557. The lowest BCUT2D eigenvalue weighted by Gasteiger charge is -2.33. The molecule has 0 spiro atoms. The second-order valence-electron chi connectivity index (χ2n) is 6.07. The molecule has 1 aliphatic heterocycles. The topological polar surface area (TPSA) is 105 Å². The quantitative estimate of drug-likeness (QED) is 0.730. The van der Waals surface area contributed by atoms with Gasteiger partial charge in [-0.25, -0.2) is 9.59 Å². The number of thiophene rings is 1. The fourth-order valence-electron chi connectivity index (χ4n) is 2.83. The van der Waals surface area contributed by atoms with Crippen molar-refractivity contribution in [1.82, 2.24) is 9.80 Å². The molecule has 2 heterocycles. The third kappa shape index (κ3) is 4.83. The normalized spacial score (nSPS) is 14.6. The van der Waals surface area contributed by atoms with E-state index in [-0.39, 0.29) is 33.8 Å². The summed E-state index contributed by atoms with van der Waals surface area (Å²) in [6.45, 7) is 5.57. The number of esters is 2. The van der Waals surface area contributed by atoms with Gasteiger partial charge < -0.3 is 19.7 Å². The molecule has 0 unspecified atom stereocenters. The van der Waals surface area contributed by atoms with Gasteiger partial charge in [-0.15, -0.1) is 11.3 Å². The molecule has 2 rings (SSSR count). The molecule has 1 saturated heterocycles. The van der Waals surface area contributed by atoms with Gasteiger partial charge in [-0.1, -0.05) is 0 Å². The Bertz CT molecular complexity index is 752. The predicted octanol–water partition coefficient (Wildman–Crippen LogP) is 0.732. The van der Waals surface area contributed by atoms with Gasteiger partial charge in [0.1, 0.15) is 9.88 Å². The minimum Gasteiger partial charge on any atom is -0.465 e. The van der Waals surface area contributed by atoms with Crippen molar-refractivity contribution >= 4 is 40.1 Å². The van der Waals surface area contributed by atoms with Gasteiger partial charge in [-0.3, -0.25) is 14.5 Å². The lowest BCUT2D eigenvalue weighted by molar-refractivity contribution is -0.130. The highest BCUT2D eigenvalue weighted by Crippen LogP contribution is 2.34. The Balaban J connectivity index is 2.09. The van der Waals surface area contributed by atoms with Crippen molar-refractivity contribution in [2.24, 2.45) is 0 Å². The standard InChI is InChI=1S/C17H23N3O6S/c1-10-13(16(23)25-3)15(27-14(10)17(24)26-4)18-12(22)9-19-5-7-20(8-6-19)11(2)21/h5-9H2,1-4H3,(H,18,22). The van der Waals surface area contributed by atoms with Crippen LogP contribution in [0.4, 0.5) is 5.00 Å². The second-order valence-corrected chi connectivity index (χ2v) is 7.09. The van der Waals surface area contributed by atoms with Crippen molar-refractivity contribution < 1.29 is 28.7 Å². The molecule has 1 aromatic heterocycles. The Labute approximate surface area is 161 Å². The summed E-state index contributed by atoms with van der Waals surface area (Å²) in [5, 5.41) is 2.95. The van der Waals surface area contributed by atoms with Crippen LogP contribution >= 0.6 is 11.3 Å². The maximum absolute atomic E-state index is 12.4. The molecule has 0 aromatic carbocycles. The number of hydrogen-bond acceptors (Lipinski definition) is 8. The largest absolute Gasteiger partial charge is 0.465 e. The zero-order valence-corrected chi connectivity index (χ0v) is 16.6. The molecule has 1 fully saturated rings. The minimum atomic E-state index is -0.635. The summed E-state index contributed by atoms with van der Waals surface area (Å²) in [7, 11) is 2.48. The molecular weight excluding hydrogens is 374 g/mol. The molecule has 27 heavy (non-hydrogen) atoms. The van der Waals surface area contributed by atoms with E-state index in [4.69, 9.17) is 9.47 Å². The average Bonchev–Trinajstić information content (AvgIpc) is 2.96.